The minimum absolute atomic E-state index is 0.120. The summed E-state index contributed by atoms with van der Waals surface area (Å²) in [5, 5.41) is 9.10. The molecule has 1 heterocycles. The second-order valence-electron chi connectivity index (χ2n) is 3.04. The Kier molecular flexibility index (Phi) is 3.22. The van der Waals surface area contributed by atoms with Crippen LogP contribution in [0, 0.1) is 0 Å². The minimum atomic E-state index is -0.522. The summed E-state index contributed by atoms with van der Waals surface area (Å²) < 4.78 is 1.47. The van der Waals surface area contributed by atoms with Crippen LogP contribution in [0.4, 0.5) is 0 Å². The standard InChI is InChI=1S/C9H14N2O2/c1-7(12)6-11-4-2-3-8(5-10)9(11)13/h2-4,7,12H,5-6,10H2,1H3. The number of hydrogen-bond donors (Lipinski definition) is 2. The molecule has 0 saturated heterocycles. The van der Waals surface area contributed by atoms with Crippen LogP contribution in [0.5, 0.6) is 0 Å². The molecule has 4 nitrogen and oxygen atoms in total. The van der Waals surface area contributed by atoms with E-state index < -0.39 is 6.10 Å². The third-order valence-corrected chi connectivity index (χ3v) is 1.78. The van der Waals surface area contributed by atoms with Crippen LogP contribution in [-0.2, 0) is 13.1 Å². The first kappa shape index (κ1) is 9.95. The zero-order chi connectivity index (χ0) is 9.84. The third-order valence-electron chi connectivity index (χ3n) is 1.78. The third kappa shape index (κ3) is 2.40. The fourth-order valence-corrected chi connectivity index (χ4v) is 1.17. The van der Waals surface area contributed by atoms with Crippen molar-refractivity contribution >= 4 is 0 Å². The molecule has 72 valence electrons. The van der Waals surface area contributed by atoms with E-state index in [4.69, 9.17) is 10.8 Å². The van der Waals surface area contributed by atoms with Crippen LogP contribution in [-0.4, -0.2) is 15.8 Å². The highest BCUT2D eigenvalue weighted by molar-refractivity contribution is 5.09. The maximum atomic E-state index is 11.5. The fourth-order valence-electron chi connectivity index (χ4n) is 1.17. The molecule has 4 heteroatoms. The molecular weight excluding hydrogens is 168 g/mol. The Balaban J connectivity index is 3.02. The predicted molar refractivity (Wildman–Crippen MR) is 50.3 cm³/mol. The molecule has 0 fully saturated rings. The Hall–Kier alpha value is -1.13. The van der Waals surface area contributed by atoms with Crippen molar-refractivity contribution < 1.29 is 5.11 Å². The van der Waals surface area contributed by atoms with Crippen molar-refractivity contribution in [2.24, 2.45) is 5.73 Å². The second-order valence-corrected chi connectivity index (χ2v) is 3.04. The summed E-state index contributed by atoms with van der Waals surface area (Å²) >= 11 is 0. The van der Waals surface area contributed by atoms with E-state index >= 15 is 0 Å². The first-order valence-corrected chi connectivity index (χ1v) is 4.21. The summed E-state index contributed by atoms with van der Waals surface area (Å²) in [5.41, 5.74) is 5.83. The molecule has 0 spiro atoms. The highest BCUT2D eigenvalue weighted by atomic mass is 16.3. The van der Waals surface area contributed by atoms with E-state index in [1.54, 1.807) is 25.3 Å². The lowest BCUT2D eigenvalue weighted by molar-refractivity contribution is 0.172. The summed E-state index contributed by atoms with van der Waals surface area (Å²) in [6, 6.07) is 3.45. The monoisotopic (exact) mass is 182 g/mol. The van der Waals surface area contributed by atoms with E-state index in [9.17, 15) is 4.79 Å². The normalized spacial score (nSPS) is 12.8. The maximum absolute atomic E-state index is 11.5. The number of aliphatic hydroxyl groups is 1. The molecule has 0 aliphatic heterocycles. The van der Waals surface area contributed by atoms with Gasteiger partial charge in [-0.05, 0) is 13.0 Å². The summed E-state index contributed by atoms with van der Waals surface area (Å²) in [4.78, 5) is 11.5. The van der Waals surface area contributed by atoms with Crippen LogP contribution in [0.1, 0.15) is 12.5 Å². The smallest absolute Gasteiger partial charge is 0.255 e. The van der Waals surface area contributed by atoms with Gasteiger partial charge in [-0.1, -0.05) is 6.07 Å². The van der Waals surface area contributed by atoms with Crippen molar-refractivity contribution in [1.29, 1.82) is 0 Å². The van der Waals surface area contributed by atoms with Gasteiger partial charge in [0.2, 0.25) is 0 Å². The molecule has 0 amide bonds. The maximum Gasteiger partial charge on any atom is 0.255 e. The van der Waals surface area contributed by atoms with E-state index in [0.717, 1.165) is 0 Å². The molecule has 1 unspecified atom stereocenters. The first-order valence-electron chi connectivity index (χ1n) is 4.21. The van der Waals surface area contributed by atoms with Crippen LogP contribution in [0.3, 0.4) is 0 Å². The van der Waals surface area contributed by atoms with Crippen molar-refractivity contribution in [3.05, 3.63) is 34.2 Å². The van der Waals surface area contributed by atoms with E-state index in [2.05, 4.69) is 0 Å². The second kappa shape index (κ2) is 4.20. The van der Waals surface area contributed by atoms with Gasteiger partial charge in [0.25, 0.3) is 5.56 Å². The highest BCUT2D eigenvalue weighted by Gasteiger charge is 2.02. The number of rotatable bonds is 3. The topological polar surface area (TPSA) is 68.2 Å². The summed E-state index contributed by atoms with van der Waals surface area (Å²) in [6.07, 6.45) is 1.12. The first-order chi connectivity index (χ1) is 6.15. The minimum Gasteiger partial charge on any atom is -0.392 e. The predicted octanol–water partition coefficient (Wildman–Crippen LogP) is -0.312. The van der Waals surface area contributed by atoms with Gasteiger partial charge in [-0.2, -0.15) is 0 Å². The molecule has 0 saturated carbocycles. The summed E-state index contributed by atoms with van der Waals surface area (Å²) in [5.74, 6) is 0. The van der Waals surface area contributed by atoms with Gasteiger partial charge in [-0.15, -0.1) is 0 Å². The van der Waals surface area contributed by atoms with Gasteiger partial charge in [0.15, 0.2) is 0 Å². The lowest BCUT2D eigenvalue weighted by atomic mass is 10.2. The molecule has 0 aromatic carbocycles. The van der Waals surface area contributed by atoms with Crippen LogP contribution in [0.25, 0.3) is 0 Å². The largest absolute Gasteiger partial charge is 0.392 e. The number of hydrogen-bond acceptors (Lipinski definition) is 3. The van der Waals surface area contributed by atoms with Crippen molar-refractivity contribution in [2.75, 3.05) is 0 Å². The van der Waals surface area contributed by atoms with Gasteiger partial charge in [0.1, 0.15) is 0 Å². The van der Waals surface area contributed by atoms with Crippen molar-refractivity contribution in [1.82, 2.24) is 4.57 Å². The van der Waals surface area contributed by atoms with Crippen LogP contribution < -0.4 is 11.3 Å². The van der Waals surface area contributed by atoms with Gasteiger partial charge in [0.05, 0.1) is 12.6 Å². The molecular formula is C9H14N2O2. The van der Waals surface area contributed by atoms with Crippen LogP contribution in [0.2, 0.25) is 0 Å². The van der Waals surface area contributed by atoms with E-state index in [1.807, 2.05) is 0 Å². The average molecular weight is 182 g/mol. The SMILES string of the molecule is CC(O)Cn1cccc(CN)c1=O. The summed E-state index contributed by atoms with van der Waals surface area (Å²) in [7, 11) is 0. The number of pyridine rings is 1. The van der Waals surface area contributed by atoms with E-state index in [1.165, 1.54) is 4.57 Å². The van der Waals surface area contributed by atoms with Gasteiger partial charge in [-0.3, -0.25) is 4.79 Å². The molecule has 1 aromatic heterocycles. The Morgan fingerprint density at radius 1 is 1.69 bits per heavy atom. The molecule has 1 aromatic rings. The molecule has 0 aliphatic carbocycles. The highest BCUT2D eigenvalue weighted by Crippen LogP contribution is 1.92. The van der Waals surface area contributed by atoms with Crippen molar-refractivity contribution in [2.45, 2.75) is 26.1 Å². The number of aliphatic hydroxyl groups excluding tert-OH is 1. The molecule has 1 rings (SSSR count). The van der Waals surface area contributed by atoms with Gasteiger partial charge < -0.3 is 15.4 Å². The molecule has 0 bridgehead atoms. The lowest BCUT2D eigenvalue weighted by Crippen LogP contribution is -2.28. The van der Waals surface area contributed by atoms with Gasteiger partial charge >= 0.3 is 0 Å². The van der Waals surface area contributed by atoms with Gasteiger partial charge in [-0.25, -0.2) is 0 Å². The number of nitrogens with zero attached hydrogens (tertiary/aromatic N) is 1. The van der Waals surface area contributed by atoms with Gasteiger partial charge in [0, 0.05) is 18.3 Å². The Bertz CT molecular complexity index is 331. The molecule has 1 atom stereocenters. The number of nitrogens with two attached hydrogens (primary N) is 1. The van der Waals surface area contributed by atoms with E-state index in [-0.39, 0.29) is 12.1 Å². The van der Waals surface area contributed by atoms with Crippen molar-refractivity contribution in [3.8, 4) is 0 Å². The quantitative estimate of drug-likeness (QED) is 0.673. The molecule has 3 N–H and O–H groups in total. The van der Waals surface area contributed by atoms with Crippen molar-refractivity contribution in [3.63, 3.8) is 0 Å². The molecule has 13 heavy (non-hydrogen) atoms. The van der Waals surface area contributed by atoms with E-state index in [0.29, 0.717) is 12.1 Å². The Morgan fingerprint density at radius 3 is 2.92 bits per heavy atom. The zero-order valence-electron chi connectivity index (χ0n) is 7.60. The molecule has 0 aliphatic rings. The zero-order valence-corrected chi connectivity index (χ0v) is 7.60. The average Bonchev–Trinajstić information content (AvgIpc) is 2.08. The van der Waals surface area contributed by atoms with Crippen LogP contribution in [0.15, 0.2) is 23.1 Å². The fraction of sp³-hybridized carbons (Fsp3) is 0.444. The molecule has 0 radical (unpaired) electrons. The Morgan fingerprint density at radius 2 is 2.38 bits per heavy atom. The van der Waals surface area contributed by atoms with Crippen LogP contribution >= 0.6 is 0 Å². The Labute approximate surface area is 76.6 Å². The lowest BCUT2D eigenvalue weighted by Gasteiger charge is -2.08. The summed E-state index contributed by atoms with van der Waals surface area (Å²) in [6.45, 7) is 2.19. The number of aromatic nitrogens is 1.